The van der Waals surface area contributed by atoms with Gasteiger partial charge in [0.15, 0.2) is 6.10 Å². The fraction of sp³-hybridized carbons (Fsp3) is 0.762. The van der Waals surface area contributed by atoms with E-state index in [-0.39, 0.29) is 31.1 Å². The summed E-state index contributed by atoms with van der Waals surface area (Å²) in [5.41, 5.74) is 0. The summed E-state index contributed by atoms with van der Waals surface area (Å²) < 4.78 is 16.8. The van der Waals surface area contributed by atoms with Crippen molar-refractivity contribution < 1.29 is 28.6 Å². The topological polar surface area (TPSA) is 78.9 Å². The van der Waals surface area contributed by atoms with E-state index in [4.69, 9.17) is 14.2 Å². The van der Waals surface area contributed by atoms with E-state index in [1.807, 2.05) is 0 Å². The Bertz CT molecular complexity index is 1290. The number of carbonyl (C=O) groups is 3. The Labute approximate surface area is 427 Å². The van der Waals surface area contributed by atoms with Crippen LogP contribution in [0, 0.1) is 0 Å². The second-order valence-corrected chi connectivity index (χ2v) is 19.5. The zero-order valence-electron chi connectivity index (χ0n) is 45.6. The lowest BCUT2D eigenvalue weighted by molar-refractivity contribution is -0.167. The molecule has 0 aliphatic heterocycles. The van der Waals surface area contributed by atoms with Crippen LogP contribution in [0.4, 0.5) is 0 Å². The Morgan fingerprint density at radius 1 is 0.304 bits per heavy atom. The molecule has 0 aromatic heterocycles. The van der Waals surface area contributed by atoms with Gasteiger partial charge < -0.3 is 14.2 Å². The fourth-order valence-corrected chi connectivity index (χ4v) is 8.25. The molecule has 6 nitrogen and oxygen atoms in total. The lowest BCUT2D eigenvalue weighted by atomic mass is 10.0. The van der Waals surface area contributed by atoms with Crippen LogP contribution in [0.25, 0.3) is 0 Å². The van der Waals surface area contributed by atoms with Crippen molar-refractivity contribution >= 4 is 17.9 Å². The molecule has 0 aromatic rings. The standard InChI is InChI=1S/C63H110O6/c1-4-7-10-13-16-19-22-25-27-28-29-30-31-32-33-34-36-38-41-44-47-50-53-56-62(65)68-59-60(58-67-61(64)55-52-49-46-43-40-37-24-21-18-15-12-9-6-3)69-63(66)57-54-51-48-45-42-39-35-26-23-20-17-14-11-8-5-2/h9,12,18,21-22,25-26,28-29,35,37,40,60H,4-8,10-11,13-17,19-20,23-24,27,30-34,36,38-39,41-59H2,1-3H3/b12-9-,21-18-,25-22-,29-28-,35-26-,40-37-. The van der Waals surface area contributed by atoms with Crippen molar-refractivity contribution in [3.63, 3.8) is 0 Å². The summed E-state index contributed by atoms with van der Waals surface area (Å²) >= 11 is 0. The molecule has 0 bridgehead atoms. The van der Waals surface area contributed by atoms with Gasteiger partial charge in [0.05, 0.1) is 0 Å². The van der Waals surface area contributed by atoms with Crippen molar-refractivity contribution in [3.05, 3.63) is 72.9 Å². The minimum atomic E-state index is -0.792. The summed E-state index contributed by atoms with van der Waals surface area (Å²) in [5, 5.41) is 0. The fourth-order valence-electron chi connectivity index (χ4n) is 8.25. The third kappa shape index (κ3) is 55.6. The Balaban J connectivity index is 4.33. The average molecular weight is 964 g/mol. The van der Waals surface area contributed by atoms with Crippen LogP contribution < -0.4 is 0 Å². The number of rotatable bonds is 53. The molecule has 0 amide bonds. The molecule has 0 saturated heterocycles. The number of ether oxygens (including phenoxy) is 3. The SMILES string of the molecule is CC/C=C\C/C=C\C/C=C\CCCCCC(=O)OCC(COC(=O)CCCCCCCCCCCCC/C=C\C/C=C\CCCCCCC)OC(=O)CCCCCCC/C=C\CCCCCCCC. The van der Waals surface area contributed by atoms with Crippen molar-refractivity contribution in [2.24, 2.45) is 0 Å². The summed E-state index contributed by atoms with van der Waals surface area (Å²) in [7, 11) is 0. The normalized spacial score (nSPS) is 12.6. The molecule has 1 atom stereocenters. The molecule has 0 radical (unpaired) electrons. The van der Waals surface area contributed by atoms with E-state index in [1.54, 1.807) is 0 Å². The zero-order valence-corrected chi connectivity index (χ0v) is 45.6. The molecule has 6 heteroatoms. The molecule has 0 saturated carbocycles. The van der Waals surface area contributed by atoms with Crippen LogP contribution >= 0.6 is 0 Å². The highest BCUT2D eigenvalue weighted by Crippen LogP contribution is 2.15. The molecule has 0 aromatic carbocycles. The van der Waals surface area contributed by atoms with Crippen LogP contribution in [-0.4, -0.2) is 37.2 Å². The summed E-state index contributed by atoms with van der Waals surface area (Å²) in [6, 6.07) is 0. The van der Waals surface area contributed by atoms with Crippen LogP contribution in [0.1, 0.15) is 290 Å². The molecule has 0 rings (SSSR count). The predicted molar refractivity (Wildman–Crippen MR) is 298 cm³/mol. The molecule has 0 fully saturated rings. The molecule has 0 aliphatic rings. The summed E-state index contributed by atoms with van der Waals surface area (Å²) in [4.78, 5) is 38.1. The van der Waals surface area contributed by atoms with Crippen LogP contribution in [0.5, 0.6) is 0 Å². The highest BCUT2D eigenvalue weighted by Gasteiger charge is 2.19. The van der Waals surface area contributed by atoms with Crippen molar-refractivity contribution in [1.82, 2.24) is 0 Å². The highest BCUT2D eigenvalue weighted by molar-refractivity contribution is 5.71. The maximum absolute atomic E-state index is 12.8. The van der Waals surface area contributed by atoms with Gasteiger partial charge in [0.2, 0.25) is 0 Å². The van der Waals surface area contributed by atoms with Crippen molar-refractivity contribution in [1.29, 1.82) is 0 Å². The third-order valence-electron chi connectivity index (χ3n) is 12.7. The Hall–Kier alpha value is -3.15. The quantitative estimate of drug-likeness (QED) is 0.0262. The lowest BCUT2D eigenvalue weighted by Crippen LogP contribution is -2.30. The van der Waals surface area contributed by atoms with Crippen molar-refractivity contribution in [2.45, 2.75) is 297 Å². The van der Waals surface area contributed by atoms with Gasteiger partial charge in [0, 0.05) is 19.3 Å². The van der Waals surface area contributed by atoms with Crippen LogP contribution in [0.2, 0.25) is 0 Å². The molecule has 0 heterocycles. The van der Waals surface area contributed by atoms with Crippen LogP contribution in [0.3, 0.4) is 0 Å². The summed E-state index contributed by atoms with van der Waals surface area (Å²) in [6.07, 6.45) is 73.3. The minimum absolute atomic E-state index is 0.0884. The molecule has 398 valence electrons. The van der Waals surface area contributed by atoms with Gasteiger partial charge in [-0.2, -0.15) is 0 Å². The number of allylic oxidation sites excluding steroid dienone is 12. The highest BCUT2D eigenvalue weighted by atomic mass is 16.6. The van der Waals surface area contributed by atoms with Gasteiger partial charge in [-0.25, -0.2) is 0 Å². The van der Waals surface area contributed by atoms with Crippen LogP contribution in [0.15, 0.2) is 72.9 Å². The lowest BCUT2D eigenvalue weighted by Gasteiger charge is -2.18. The predicted octanol–water partition coefficient (Wildman–Crippen LogP) is 19.8. The van der Waals surface area contributed by atoms with Crippen molar-refractivity contribution in [3.8, 4) is 0 Å². The van der Waals surface area contributed by atoms with Gasteiger partial charge in [-0.15, -0.1) is 0 Å². The minimum Gasteiger partial charge on any atom is -0.462 e. The second kappa shape index (κ2) is 57.4. The van der Waals surface area contributed by atoms with E-state index in [2.05, 4.69) is 93.7 Å². The number of hydrogen-bond acceptors (Lipinski definition) is 6. The molecule has 0 spiro atoms. The van der Waals surface area contributed by atoms with Crippen molar-refractivity contribution in [2.75, 3.05) is 13.2 Å². The smallest absolute Gasteiger partial charge is 0.306 e. The Kier molecular flexibility index (Phi) is 54.8. The third-order valence-corrected chi connectivity index (χ3v) is 12.7. The molecule has 1 unspecified atom stereocenters. The maximum Gasteiger partial charge on any atom is 0.306 e. The van der Waals surface area contributed by atoms with Gasteiger partial charge in [-0.3, -0.25) is 14.4 Å². The zero-order chi connectivity index (χ0) is 50.0. The van der Waals surface area contributed by atoms with Gasteiger partial charge in [0.25, 0.3) is 0 Å². The second-order valence-electron chi connectivity index (χ2n) is 19.5. The van der Waals surface area contributed by atoms with Crippen LogP contribution in [-0.2, 0) is 28.6 Å². The monoisotopic (exact) mass is 963 g/mol. The average Bonchev–Trinajstić information content (AvgIpc) is 3.35. The Morgan fingerprint density at radius 2 is 0.565 bits per heavy atom. The number of carbonyl (C=O) groups excluding carboxylic acids is 3. The summed E-state index contributed by atoms with van der Waals surface area (Å²) in [6.45, 7) is 6.50. The molecule has 0 N–H and O–H groups in total. The first-order valence-electron chi connectivity index (χ1n) is 29.4. The van der Waals surface area contributed by atoms with E-state index < -0.39 is 6.10 Å². The van der Waals surface area contributed by atoms with Gasteiger partial charge in [-0.1, -0.05) is 235 Å². The Morgan fingerprint density at radius 3 is 0.913 bits per heavy atom. The van der Waals surface area contributed by atoms with E-state index in [0.29, 0.717) is 19.3 Å². The molecule has 0 aliphatic carbocycles. The summed E-state index contributed by atoms with van der Waals surface area (Å²) in [5.74, 6) is -0.921. The first kappa shape index (κ1) is 65.8. The molecular formula is C63H110O6. The first-order valence-corrected chi connectivity index (χ1v) is 29.4. The maximum atomic E-state index is 12.8. The first-order chi connectivity index (χ1) is 34.0. The number of esters is 3. The van der Waals surface area contributed by atoms with E-state index in [0.717, 1.165) is 103 Å². The van der Waals surface area contributed by atoms with Gasteiger partial charge in [-0.05, 0) is 109 Å². The van der Waals surface area contributed by atoms with Gasteiger partial charge in [0.1, 0.15) is 13.2 Å². The number of hydrogen-bond donors (Lipinski definition) is 0. The van der Waals surface area contributed by atoms with E-state index >= 15 is 0 Å². The van der Waals surface area contributed by atoms with Gasteiger partial charge >= 0.3 is 17.9 Å². The molecular weight excluding hydrogens is 853 g/mol. The van der Waals surface area contributed by atoms with E-state index in [9.17, 15) is 14.4 Å². The largest absolute Gasteiger partial charge is 0.462 e. The van der Waals surface area contributed by atoms with E-state index in [1.165, 1.54) is 148 Å². The number of unbranched alkanes of at least 4 members (excludes halogenated alkanes) is 30. The molecule has 69 heavy (non-hydrogen) atoms.